The number of nitrogens with zero attached hydrogens (tertiary/aromatic N) is 1. The Bertz CT molecular complexity index is 209. The first-order valence-electron chi connectivity index (χ1n) is 6.26. The minimum absolute atomic E-state index is 1.10. The lowest BCUT2D eigenvalue weighted by atomic mass is 10.1. The molecule has 0 radical (unpaired) electrons. The first-order valence-corrected chi connectivity index (χ1v) is 6.26. The van der Waals surface area contributed by atoms with E-state index in [9.17, 15) is 0 Å². The van der Waals surface area contributed by atoms with Crippen molar-refractivity contribution in [3.63, 3.8) is 0 Å². The predicted octanol–water partition coefficient (Wildman–Crippen LogP) is 4.37. The predicted molar refractivity (Wildman–Crippen MR) is 70.0 cm³/mol. The smallest absolute Gasteiger partial charge is 0.0146 e. The molecule has 0 aromatic rings. The summed E-state index contributed by atoms with van der Waals surface area (Å²) in [4.78, 5) is 2.40. The van der Waals surface area contributed by atoms with Crippen molar-refractivity contribution < 1.29 is 0 Å². The van der Waals surface area contributed by atoms with E-state index in [1.165, 1.54) is 30.5 Å². The summed E-state index contributed by atoms with van der Waals surface area (Å²) in [6.45, 7) is 13.3. The molecule has 15 heavy (non-hydrogen) atoms. The van der Waals surface area contributed by atoms with Crippen LogP contribution in [-0.4, -0.2) is 18.0 Å². The van der Waals surface area contributed by atoms with E-state index in [1.807, 2.05) is 0 Å². The van der Waals surface area contributed by atoms with Gasteiger partial charge in [0.15, 0.2) is 0 Å². The van der Waals surface area contributed by atoms with Crippen molar-refractivity contribution in [1.82, 2.24) is 4.90 Å². The maximum absolute atomic E-state index is 2.40. The van der Waals surface area contributed by atoms with Gasteiger partial charge in [-0.3, -0.25) is 0 Å². The molecule has 0 unspecified atom stereocenters. The van der Waals surface area contributed by atoms with E-state index in [1.54, 1.807) is 0 Å². The quantitative estimate of drug-likeness (QED) is 0.444. The van der Waals surface area contributed by atoms with Gasteiger partial charge >= 0.3 is 0 Å². The minimum atomic E-state index is 1.10. The van der Waals surface area contributed by atoms with Crippen LogP contribution in [0.4, 0.5) is 0 Å². The molecule has 0 N–H and O–H groups in total. The number of rotatable bonds is 7. The molecule has 0 spiro atoms. The van der Waals surface area contributed by atoms with E-state index >= 15 is 0 Å². The zero-order chi connectivity index (χ0) is 11.7. The molecule has 1 heteroatoms. The van der Waals surface area contributed by atoms with Gasteiger partial charge in [0.2, 0.25) is 0 Å². The van der Waals surface area contributed by atoms with E-state index in [2.05, 4.69) is 51.7 Å². The van der Waals surface area contributed by atoms with E-state index < -0.39 is 0 Å². The summed E-state index contributed by atoms with van der Waals surface area (Å²) in [6, 6.07) is 0. The second-order valence-corrected chi connectivity index (χ2v) is 3.99. The molecule has 0 aliphatic rings. The molecule has 0 aliphatic heterocycles. The van der Waals surface area contributed by atoms with Crippen molar-refractivity contribution in [1.29, 1.82) is 0 Å². The van der Waals surface area contributed by atoms with Crippen molar-refractivity contribution in [2.75, 3.05) is 13.1 Å². The molecule has 0 atom stereocenters. The molecule has 0 saturated carbocycles. The topological polar surface area (TPSA) is 3.24 Å². The zero-order valence-corrected chi connectivity index (χ0v) is 11.1. The van der Waals surface area contributed by atoms with Gasteiger partial charge in [-0.1, -0.05) is 31.9 Å². The molecule has 0 aromatic carbocycles. The molecule has 0 bridgehead atoms. The largest absolute Gasteiger partial charge is 0.375 e. The Morgan fingerprint density at radius 2 is 1.67 bits per heavy atom. The molecular weight excluding hydrogens is 182 g/mol. The van der Waals surface area contributed by atoms with Gasteiger partial charge in [-0.25, -0.2) is 0 Å². The normalized spacial score (nSPS) is 13.1. The summed E-state index contributed by atoms with van der Waals surface area (Å²) in [5, 5.41) is 0. The second kappa shape index (κ2) is 8.58. The third-order valence-corrected chi connectivity index (χ3v) is 2.90. The van der Waals surface area contributed by atoms with Crippen LogP contribution in [0, 0.1) is 0 Å². The Kier molecular flexibility index (Phi) is 8.17. The van der Waals surface area contributed by atoms with Crippen molar-refractivity contribution >= 4 is 0 Å². The number of hydrogen-bond donors (Lipinski definition) is 0. The van der Waals surface area contributed by atoms with Gasteiger partial charge in [-0.05, 0) is 39.7 Å². The molecular formula is C14H27N. The summed E-state index contributed by atoms with van der Waals surface area (Å²) in [5.74, 6) is 0. The summed E-state index contributed by atoms with van der Waals surface area (Å²) >= 11 is 0. The van der Waals surface area contributed by atoms with Crippen molar-refractivity contribution in [2.24, 2.45) is 0 Å². The van der Waals surface area contributed by atoms with Crippen LogP contribution in [0.15, 0.2) is 23.4 Å². The number of allylic oxidation sites excluding steroid dienone is 4. The molecule has 1 nitrogen and oxygen atoms in total. The van der Waals surface area contributed by atoms with Gasteiger partial charge in [0.25, 0.3) is 0 Å². The van der Waals surface area contributed by atoms with E-state index in [0.29, 0.717) is 0 Å². The minimum Gasteiger partial charge on any atom is -0.375 e. The SMILES string of the molecule is CCCCC=CC(C)=C(C)N(CC)CC. The van der Waals surface area contributed by atoms with Crippen LogP contribution in [0.25, 0.3) is 0 Å². The van der Waals surface area contributed by atoms with Crippen LogP contribution in [0.2, 0.25) is 0 Å². The highest BCUT2D eigenvalue weighted by Crippen LogP contribution is 2.11. The van der Waals surface area contributed by atoms with E-state index in [4.69, 9.17) is 0 Å². The molecule has 0 fully saturated rings. The molecule has 0 rings (SSSR count). The van der Waals surface area contributed by atoms with Crippen LogP contribution in [0.1, 0.15) is 53.9 Å². The Balaban J connectivity index is 4.29. The average molecular weight is 209 g/mol. The highest BCUT2D eigenvalue weighted by atomic mass is 15.1. The Morgan fingerprint density at radius 1 is 1.07 bits per heavy atom. The summed E-state index contributed by atoms with van der Waals surface area (Å²) in [6.07, 6.45) is 8.35. The maximum atomic E-state index is 2.40. The molecule has 0 aromatic heterocycles. The molecule has 88 valence electrons. The second-order valence-electron chi connectivity index (χ2n) is 3.99. The van der Waals surface area contributed by atoms with Gasteiger partial charge < -0.3 is 4.90 Å². The first-order chi connectivity index (χ1) is 7.17. The fourth-order valence-corrected chi connectivity index (χ4v) is 1.65. The van der Waals surface area contributed by atoms with Crippen LogP contribution < -0.4 is 0 Å². The van der Waals surface area contributed by atoms with Crippen LogP contribution in [-0.2, 0) is 0 Å². The summed E-state index contributed by atoms with van der Waals surface area (Å²) < 4.78 is 0. The molecule has 0 aliphatic carbocycles. The van der Waals surface area contributed by atoms with Crippen molar-refractivity contribution in [3.05, 3.63) is 23.4 Å². The fraction of sp³-hybridized carbons (Fsp3) is 0.714. The molecule has 0 amide bonds. The van der Waals surface area contributed by atoms with Crippen LogP contribution in [0.3, 0.4) is 0 Å². The van der Waals surface area contributed by atoms with Gasteiger partial charge in [0.05, 0.1) is 0 Å². The third kappa shape index (κ3) is 5.66. The maximum Gasteiger partial charge on any atom is 0.0146 e. The standard InChI is InChI=1S/C14H27N/c1-6-9-10-11-12-13(4)14(5)15(7-2)8-3/h11-12H,6-10H2,1-5H3. The summed E-state index contributed by atoms with van der Waals surface area (Å²) in [5.41, 5.74) is 2.81. The Hall–Kier alpha value is -0.720. The van der Waals surface area contributed by atoms with Gasteiger partial charge in [0, 0.05) is 18.8 Å². The Labute approximate surface area is 95.9 Å². The lowest BCUT2D eigenvalue weighted by Gasteiger charge is -2.23. The zero-order valence-electron chi connectivity index (χ0n) is 11.1. The van der Waals surface area contributed by atoms with E-state index in [-0.39, 0.29) is 0 Å². The fourth-order valence-electron chi connectivity index (χ4n) is 1.65. The highest BCUT2D eigenvalue weighted by molar-refractivity contribution is 5.21. The first kappa shape index (κ1) is 14.3. The third-order valence-electron chi connectivity index (χ3n) is 2.90. The molecule has 0 saturated heterocycles. The Morgan fingerprint density at radius 3 is 2.13 bits per heavy atom. The lowest BCUT2D eigenvalue weighted by Crippen LogP contribution is -2.21. The monoisotopic (exact) mass is 209 g/mol. The van der Waals surface area contributed by atoms with Gasteiger partial charge in [-0.15, -0.1) is 0 Å². The number of unbranched alkanes of at least 4 members (excludes halogenated alkanes) is 2. The van der Waals surface area contributed by atoms with Gasteiger partial charge in [0.1, 0.15) is 0 Å². The van der Waals surface area contributed by atoms with Crippen molar-refractivity contribution in [2.45, 2.75) is 53.9 Å². The summed E-state index contributed by atoms with van der Waals surface area (Å²) in [7, 11) is 0. The van der Waals surface area contributed by atoms with Crippen LogP contribution in [0.5, 0.6) is 0 Å². The van der Waals surface area contributed by atoms with Gasteiger partial charge in [-0.2, -0.15) is 0 Å². The lowest BCUT2D eigenvalue weighted by molar-refractivity contribution is 0.380. The van der Waals surface area contributed by atoms with E-state index in [0.717, 1.165) is 13.1 Å². The average Bonchev–Trinajstić information content (AvgIpc) is 2.25. The number of hydrogen-bond acceptors (Lipinski definition) is 1. The van der Waals surface area contributed by atoms with Crippen LogP contribution >= 0.6 is 0 Å². The highest BCUT2D eigenvalue weighted by Gasteiger charge is 2.01. The van der Waals surface area contributed by atoms with Crippen molar-refractivity contribution in [3.8, 4) is 0 Å². The molecule has 0 heterocycles.